The van der Waals surface area contributed by atoms with Crippen LogP contribution in [0.15, 0.2) is 6.20 Å². The lowest BCUT2D eigenvalue weighted by atomic mass is 10.2. The van der Waals surface area contributed by atoms with Gasteiger partial charge in [-0.1, -0.05) is 0 Å². The average Bonchev–Trinajstić information content (AvgIpc) is 2.74. The number of nitrogens with zero attached hydrogens (tertiary/aromatic N) is 1. The zero-order valence-electron chi connectivity index (χ0n) is 9.35. The van der Waals surface area contributed by atoms with Crippen LogP contribution in [0.1, 0.15) is 18.4 Å². The van der Waals surface area contributed by atoms with Crippen molar-refractivity contribution >= 4 is 15.8 Å². The predicted octanol–water partition coefficient (Wildman–Crippen LogP) is -0.410. The Morgan fingerprint density at radius 1 is 1.53 bits per heavy atom. The third-order valence-electron chi connectivity index (χ3n) is 2.82. The number of aromatic amines is 1. The number of hydrogen-bond donors (Lipinski definition) is 3. The quantitative estimate of drug-likeness (QED) is 0.681. The number of ether oxygens (including phenoxy) is 1. The molecule has 17 heavy (non-hydrogen) atoms. The van der Waals surface area contributed by atoms with Gasteiger partial charge >= 0.3 is 0 Å². The van der Waals surface area contributed by atoms with E-state index in [9.17, 15) is 8.42 Å². The third-order valence-corrected chi connectivity index (χ3v) is 4.72. The van der Waals surface area contributed by atoms with Crippen molar-refractivity contribution in [2.45, 2.75) is 24.6 Å². The van der Waals surface area contributed by atoms with Crippen LogP contribution in [-0.2, 0) is 21.3 Å². The molecule has 2 rings (SSSR count). The molecule has 0 radical (unpaired) electrons. The molecule has 0 spiro atoms. The van der Waals surface area contributed by atoms with Gasteiger partial charge in [0.15, 0.2) is 0 Å². The summed E-state index contributed by atoms with van der Waals surface area (Å²) >= 11 is 0. The lowest BCUT2D eigenvalue weighted by Crippen LogP contribution is -2.37. The molecule has 2 heterocycles. The van der Waals surface area contributed by atoms with Crippen molar-refractivity contribution in [1.82, 2.24) is 14.9 Å². The highest BCUT2D eigenvalue weighted by atomic mass is 32.2. The van der Waals surface area contributed by atoms with Crippen LogP contribution in [0.3, 0.4) is 0 Å². The first-order valence-corrected chi connectivity index (χ1v) is 6.98. The Labute approximate surface area is 99.8 Å². The fourth-order valence-corrected chi connectivity index (χ4v) is 3.15. The van der Waals surface area contributed by atoms with Crippen molar-refractivity contribution in [2.24, 2.45) is 0 Å². The van der Waals surface area contributed by atoms with Crippen LogP contribution < -0.4 is 10.5 Å². The number of nitrogens with two attached hydrogens (primary N) is 1. The van der Waals surface area contributed by atoms with Crippen LogP contribution in [0.25, 0.3) is 0 Å². The van der Waals surface area contributed by atoms with Gasteiger partial charge in [-0.15, -0.1) is 0 Å². The Morgan fingerprint density at radius 3 is 2.82 bits per heavy atom. The van der Waals surface area contributed by atoms with Gasteiger partial charge in [0, 0.05) is 25.3 Å². The standard InChI is InChI=1S/C9H16N4O3S/c10-9-7(5-11-13-9)6-12-17(14,15)8-1-3-16-4-2-8/h5,8,12H,1-4,6H2,(H3,10,11,13). The first-order valence-electron chi connectivity index (χ1n) is 5.43. The van der Waals surface area contributed by atoms with E-state index in [0.29, 0.717) is 37.4 Å². The summed E-state index contributed by atoms with van der Waals surface area (Å²) in [7, 11) is -3.30. The first-order chi connectivity index (χ1) is 8.09. The Bertz CT molecular complexity index is 464. The molecule has 0 amide bonds. The number of anilines is 1. The van der Waals surface area contributed by atoms with Gasteiger partial charge in [0.05, 0.1) is 11.4 Å². The predicted molar refractivity (Wildman–Crippen MR) is 62.6 cm³/mol. The van der Waals surface area contributed by atoms with E-state index in [2.05, 4.69) is 14.9 Å². The monoisotopic (exact) mass is 260 g/mol. The molecule has 1 aromatic heterocycles. The van der Waals surface area contributed by atoms with E-state index in [4.69, 9.17) is 10.5 Å². The minimum Gasteiger partial charge on any atom is -0.384 e. The van der Waals surface area contributed by atoms with Crippen LogP contribution >= 0.6 is 0 Å². The zero-order chi connectivity index (χ0) is 12.3. The van der Waals surface area contributed by atoms with Gasteiger partial charge in [-0.05, 0) is 12.8 Å². The number of nitrogen functional groups attached to an aromatic ring is 1. The number of hydrogen-bond acceptors (Lipinski definition) is 5. The Kier molecular flexibility index (Phi) is 3.65. The molecule has 7 nitrogen and oxygen atoms in total. The largest absolute Gasteiger partial charge is 0.384 e. The summed E-state index contributed by atoms with van der Waals surface area (Å²) in [6, 6.07) is 0. The lowest BCUT2D eigenvalue weighted by Gasteiger charge is -2.22. The van der Waals surface area contributed by atoms with Gasteiger partial charge in [-0.3, -0.25) is 5.10 Å². The van der Waals surface area contributed by atoms with E-state index in [1.165, 1.54) is 6.20 Å². The van der Waals surface area contributed by atoms with Crippen molar-refractivity contribution in [3.8, 4) is 0 Å². The molecule has 0 aromatic carbocycles. The summed E-state index contributed by atoms with van der Waals surface area (Å²) in [5.74, 6) is 0.389. The molecule has 96 valence electrons. The number of sulfonamides is 1. The molecule has 0 aliphatic carbocycles. The number of H-pyrrole nitrogens is 1. The van der Waals surface area contributed by atoms with Gasteiger partial charge in [0.25, 0.3) is 0 Å². The van der Waals surface area contributed by atoms with Crippen LogP contribution in [0, 0.1) is 0 Å². The summed E-state index contributed by atoms with van der Waals surface area (Å²) < 4.78 is 31.6. The molecule has 0 saturated carbocycles. The summed E-state index contributed by atoms with van der Waals surface area (Å²) in [5, 5.41) is 5.92. The second kappa shape index (κ2) is 5.03. The van der Waals surface area contributed by atoms with E-state index in [-0.39, 0.29) is 11.8 Å². The summed E-state index contributed by atoms with van der Waals surface area (Å²) in [5.41, 5.74) is 6.23. The van der Waals surface area contributed by atoms with E-state index in [1.807, 2.05) is 0 Å². The maximum atomic E-state index is 12.0. The van der Waals surface area contributed by atoms with Crippen LogP contribution in [0.2, 0.25) is 0 Å². The molecule has 0 atom stereocenters. The average molecular weight is 260 g/mol. The fraction of sp³-hybridized carbons (Fsp3) is 0.667. The summed E-state index contributed by atoms with van der Waals surface area (Å²) in [6.07, 6.45) is 2.59. The van der Waals surface area contributed by atoms with Crippen molar-refractivity contribution in [1.29, 1.82) is 0 Å². The van der Waals surface area contributed by atoms with Crippen molar-refractivity contribution in [2.75, 3.05) is 18.9 Å². The zero-order valence-corrected chi connectivity index (χ0v) is 10.2. The number of aromatic nitrogens is 2. The highest BCUT2D eigenvalue weighted by Gasteiger charge is 2.27. The topological polar surface area (TPSA) is 110 Å². The molecule has 1 saturated heterocycles. The highest BCUT2D eigenvalue weighted by Crippen LogP contribution is 2.15. The van der Waals surface area contributed by atoms with E-state index in [1.54, 1.807) is 0 Å². The maximum Gasteiger partial charge on any atom is 0.214 e. The maximum absolute atomic E-state index is 12.0. The molecule has 0 unspecified atom stereocenters. The van der Waals surface area contributed by atoms with Gasteiger partial charge < -0.3 is 10.5 Å². The van der Waals surface area contributed by atoms with Crippen molar-refractivity contribution in [3.05, 3.63) is 11.8 Å². The Morgan fingerprint density at radius 2 is 2.24 bits per heavy atom. The minimum absolute atomic E-state index is 0.169. The summed E-state index contributed by atoms with van der Waals surface area (Å²) in [6.45, 7) is 1.17. The van der Waals surface area contributed by atoms with Crippen molar-refractivity contribution < 1.29 is 13.2 Å². The second-order valence-electron chi connectivity index (χ2n) is 3.99. The van der Waals surface area contributed by atoms with Gasteiger partial charge in [-0.25, -0.2) is 13.1 Å². The molecule has 4 N–H and O–H groups in total. The third kappa shape index (κ3) is 2.96. The SMILES string of the molecule is Nc1[nH]ncc1CNS(=O)(=O)C1CCOCC1. The lowest BCUT2D eigenvalue weighted by molar-refractivity contribution is 0.0981. The highest BCUT2D eigenvalue weighted by molar-refractivity contribution is 7.90. The van der Waals surface area contributed by atoms with Gasteiger partial charge in [-0.2, -0.15) is 5.10 Å². The molecule has 1 fully saturated rings. The van der Waals surface area contributed by atoms with E-state index < -0.39 is 10.0 Å². The van der Waals surface area contributed by atoms with E-state index >= 15 is 0 Å². The van der Waals surface area contributed by atoms with Crippen LogP contribution in [0.5, 0.6) is 0 Å². The van der Waals surface area contributed by atoms with E-state index in [0.717, 1.165) is 0 Å². The molecule has 1 aliphatic heterocycles. The normalized spacial score (nSPS) is 18.4. The number of rotatable bonds is 4. The minimum atomic E-state index is -3.30. The fourth-order valence-electron chi connectivity index (χ4n) is 1.74. The Hall–Kier alpha value is -1.12. The summed E-state index contributed by atoms with van der Waals surface area (Å²) in [4.78, 5) is 0. The van der Waals surface area contributed by atoms with Crippen LogP contribution in [0.4, 0.5) is 5.82 Å². The smallest absolute Gasteiger partial charge is 0.214 e. The molecule has 0 bridgehead atoms. The molecular formula is C9H16N4O3S. The van der Waals surface area contributed by atoms with Crippen molar-refractivity contribution in [3.63, 3.8) is 0 Å². The molecule has 1 aliphatic rings. The van der Waals surface area contributed by atoms with Crippen LogP contribution in [-0.4, -0.2) is 37.1 Å². The molecule has 8 heteroatoms. The number of nitrogens with one attached hydrogen (secondary N) is 2. The molecule has 1 aromatic rings. The molecular weight excluding hydrogens is 244 g/mol. The second-order valence-corrected chi connectivity index (χ2v) is 6.03. The first kappa shape index (κ1) is 12.3. The Balaban J connectivity index is 1.95. The van der Waals surface area contributed by atoms with Gasteiger partial charge in [0.1, 0.15) is 5.82 Å². The van der Waals surface area contributed by atoms with Gasteiger partial charge in [0.2, 0.25) is 10.0 Å².